The van der Waals surface area contributed by atoms with E-state index in [1.165, 1.54) is 25.1 Å². The fourth-order valence-electron chi connectivity index (χ4n) is 5.09. The number of amidine groups is 3. The van der Waals surface area contributed by atoms with Crippen molar-refractivity contribution in [1.82, 2.24) is 49.8 Å². The number of pyridine rings is 3. The second kappa shape index (κ2) is 43.4. The molecule has 441 valence electrons. The van der Waals surface area contributed by atoms with Crippen LogP contribution in [0.15, 0.2) is 102 Å². The minimum Gasteiger partial charge on any atom is -0.550 e. The van der Waals surface area contributed by atoms with Crippen LogP contribution in [0, 0.1) is 0 Å². The number of hydrogen-bond acceptors (Lipinski definition) is 25. The Morgan fingerprint density at radius 1 is 0.759 bits per heavy atom. The van der Waals surface area contributed by atoms with E-state index in [9.17, 15) is 19.2 Å². The molecule has 1 aliphatic rings. The van der Waals surface area contributed by atoms with Gasteiger partial charge in [-0.1, -0.05) is 38.0 Å². The maximum atomic E-state index is 11.8. The standard InChI is InChI=1S/C13H14BrN5O3.C13H14BrN5O2.C7H8BrN3O2.C6H7BrN2O.C4H6O4.C2H4O2.CH3PS.B.Na/c1-19-6-8(5-16-19)11(20)7-22-18-12(15)10-4-3-9(14)13(17-10)21-2;1-19-6-8(5-15-19)11-7-21-18-12(16-11)10-4-3-9(14)13(17-10)20-2;1-13-7-4(8)2-3-5(10-7)6(9)11-12;1-9-4-5(3-8-9)6(10)2-7;1-3(5)7-8-4(2)6;1-2(3)4;1-2-3;;/h3-6H,7H2,1-2H3,(H2,15,18);3-6,11H,7H2,1-2H3,(H,16,18);2-3,12H,1H3,(H2,9,11);3-4H,2H2,1H3;1-2H3;1H3,(H,3,4);1H3;;/q;;;;;;;;+1/p-1. The first kappa shape index (κ1) is 78.8. The number of nitrogens with zero attached hydrogens (tertiary/aromatic N) is 12. The number of ketones is 2. The number of carboxylic acid groups (broad SMARTS) is 1. The maximum Gasteiger partial charge on any atom is 1.00 e. The van der Waals surface area contributed by atoms with Gasteiger partial charge in [-0.15, -0.1) is 0 Å². The van der Waals surface area contributed by atoms with Gasteiger partial charge in [0.15, 0.2) is 29.9 Å². The molecule has 3 radical (unpaired) electrons. The van der Waals surface area contributed by atoms with Crippen LogP contribution in [0.2, 0.25) is 0 Å². The normalized spacial score (nSPS) is 11.8. The number of nitrogens with two attached hydrogens (primary N) is 2. The third-order valence-electron chi connectivity index (χ3n) is 8.51. The summed E-state index contributed by atoms with van der Waals surface area (Å²) in [6.45, 7) is 5.38. The molecule has 0 spiro atoms. The molecule has 1 unspecified atom stereocenters. The first-order valence-electron chi connectivity index (χ1n) is 22.2. The molecule has 37 heteroatoms. The molecule has 0 fully saturated rings. The van der Waals surface area contributed by atoms with Crippen molar-refractivity contribution in [2.24, 2.45) is 47.9 Å². The number of aliphatic carboxylic acids is 1. The summed E-state index contributed by atoms with van der Waals surface area (Å²) in [7, 11) is 10.9. The molecule has 0 saturated carbocycles. The number of aryl methyl sites for hydroxylation is 3. The van der Waals surface area contributed by atoms with Gasteiger partial charge in [0.2, 0.25) is 23.4 Å². The molecule has 6 aromatic heterocycles. The molecule has 6 N–H and O–H groups in total. The molecular weight excluding hydrogens is 1400 g/mol. The third kappa shape index (κ3) is 31.3. The number of carboxylic acids is 1. The SMILES string of the molecule is CC(=O)OOC(C)=O.CC(=O)[O-].COc1nc(/C(N)=N/O)ccc1Br.COc1nc(/C(N)=N/OCC(=O)c2cnn(C)c2)ccc1Br.COc1nc(C2=NC(c3cnn(C)c3)CON2)ccc1Br.CP=S.Cn1cc(C(=O)CBr)cn1.[B].[Na+]. The quantitative estimate of drug-likeness (QED) is 0.0145. The van der Waals surface area contributed by atoms with Gasteiger partial charge >= 0.3 is 41.5 Å². The van der Waals surface area contributed by atoms with E-state index in [1.807, 2.05) is 32.0 Å². The van der Waals surface area contributed by atoms with E-state index in [4.69, 9.17) is 50.5 Å². The molecule has 1 atom stereocenters. The molecule has 0 saturated heterocycles. The zero-order chi connectivity index (χ0) is 61.2. The second-order valence-electron chi connectivity index (χ2n) is 14.8. The number of aromatic nitrogens is 9. The van der Waals surface area contributed by atoms with E-state index in [0.717, 1.165) is 38.2 Å². The topological polar surface area (TPSA) is 387 Å². The molecule has 0 amide bonds. The number of methoxy groups -OCH3 is 3. The van der Waals surface area contributed by atoms with Crippen LogP contribution in [0.4, 0.5) is 0 Å². The van der Waals surface area contributed by atoms with Gasteiger partial charge in [0.25, 0.3) is 0 Å². The Kier molecular flexibility index (Phi) is 41.2. The Morgan fingerprint density at radius 3 is 1.58 bits per heavy atom. The van der Waals surface area contributed by atoms with Crippen molar-refractivity contribution < 1.29 is 97.5 Å². The molecule has 7 rings (SSSR count). The van der Waals surface area contributed by atoms with Crippen molar-refractivity contribution in [2.45, 2.75) is 26.8 Å². The summed E-state index contributed by atoms with van der Waals surface area (Å²) < 4.78 is 22.3. The summed E-state index contributed by atoms with van der Waals surface area (Å²) in [5, 5.41) is 36.1. The van der Waals surface area contributed by atoms with E-state index in [2.05, 4.69) is 136 Å². The fraction of sp³-hybridized carbons (Fsp3) is 0.304. The Labute approximate surface area is 540 Å². The van der Waals surface area contributed by atoms with Gasteiger partial charge < -0.3 is 45.6 Å². The van der Waals surface area contributed by atoms with Gasteiger partial charge in [-0.25, -0.2) is 39.8 Å². The van der Waals surface area contributed by atoms with Crippen LogP contribution < -0.4 is 65.8 Å². The molecule has 6 aromatic rings. The number of carbonyl (C=O) groups excluding carboxylic acids is 5. The van der Waals surface area contributed by atoms with Gasteiger partial charge in [0.1, 0.15) is 29.7 Å². The summed E-state index contributed by atoms with van der Waals surface area (Å²) in [6.07, 6.45) is 10.0. The number of rotatable bonds is 13. The molecule has 0 bridgehead atoms. The van der Waals surface area contributed by atoms with Crippen LogP contribution in [0.25, 0.3) is 0 Å². The minimum atomic E-state index is -1.08. The molecule has 0 aliphatic carbocycles. The monoisotopic (exact) mass is 1450 g/mol. The van der Waals surface area contributed by atoms with E-state index >= 15 is 0 Å². The van der Waals surface area contributed by atoms with Crippen molar-refractivity contribution in [2.75, 3.05) is 46.5 Å². The number of aliphatic imine (C=N–C) groups is 1. The summed E-state index contributed by atoms with van der Waals surface area (Å²) in [5.74, 6) is -0.706. The number of hydrogen-bond donors (Lipinski definition) is 4. The second-order valence-corrected chi connectivity index (χ2v) is 19.3. The first-order valence-corrected chi connectivity index (χ1v) is 28.1. The van der Waals surface area contributed by atoms with Crippen molar-refractivity contribution in [1.29, 1.82) is 0 Å². The summed E-state index contributed by atoms with van der Waals surface area (Å²) >= 11 is 17.3. The van der Waals surface area contributed by atoms with E-state index in [-0.39, 0.29) is 73.9 Å². The molecule has 0 aromatic carbocycles. The van der Waals surface area contributed by atoms with Gasteiger partial charge in [0.05, 0.1) is 69.8 Å². The number of alkyl halides is 1. The van der Waals surface area contributed by atoms with Crippen molar-refractivity contribution in [3.63, 3.8) is 0 Å². The molecule has 7 heterocycles. The summed E-state index contributed by atoms with van der Waals surface area (Å²) in [5.41, 5.74) is 17.4. The van der Waals surface area contributed by atoms with Crippen molar-refractivity contribution in [3.05, 3.63) is 121 Å². The first-order chi connectivity index (χ1) is 38.4. The maximum absolute atomic E-state index is 11.8. The number of Topliss-reactive ketones (excluding diaryl/α,β-unsaturated/α-hetero) is 2. The molecular formula is C46H55BBr4N15NaO14PS. The molecule has 83 heavy (non-hydrogen) atoms. The summed E-state index contributed by atoms with van der Waals surface area (Å²) in [6, 6.07) is 10.3. The third-order valence-corrected chi connectivity index (χ3v) is 10.8. The molecule has 1 aliphatic heterocycles. The number of carbonyl (C=O) groups is 5. The Bertz CT molecular complexity index is 3110. The van der Waals surface area contributed by atoms with Crippen LogP contribution in [-0.4, -0.2) is 151 Å². The Hall–Kier alpha value is -6.30. The zero-order valence-corrected chi connectivity index (χ0v) is 56.4. The van der Waals surface area contributed by atoms with E-state index < -0.39 is 17.9 Å². The largest absolute Gasteiger partial charge is 1.00 e. The van der Waals surface area contributed by atoms with Crippen LogP contribution >= 0.6 is 71.1 Å². The predicted octanol–water partition coefficient (Wildman–Crippen LogP) is 1.09. The Morgan fingerprint density at radius 2 is 1.18 bits per heavy atom. The van der Waals surface area contributed by atoms with Crippen LogP contribution in [-0.2, 0) is 66.8 Å². The number of hydroxylamine groups is 1. The van der Waals surface area contributed by atoms with Crippen LogP contribution in [0.3, 0.4) is 0 Å². The van der Waals surface area contributed by atoms with Gasteiger partial charge in [-0.05, 0) is 105 Å². The fourth-order valence-corrected chi connectivity index (χ4v) is 6.57. The van der Waals surface area contributed by atoms with Gasteiger partial charge in [-0.3, -0.25) is 33.5 Å². The number of ether oxygens (including phenoxy) is 3. The van der Waals surface area contributed by atoms with Crippen LogP contribution in [0.5, 0.6) is 17.6 Å². The van der Waals surface area contributed by atoms with Gasteiger partial charge in [-0.2, -0.15) is 15.3 Å². The van der Waals surface area contributed by atoms with E-state index in [1.54, 1.807) is 79.6 Å². The molecule has 29 nitrogen and oxygen atoms in total. The van der Waals surface area contributed by atoms with Crippen LogP contribution in [0.1, 0.15) is 70.2 Å². The number of halogens is 4. The Balaban J connectivity index is 0. The average Bonchev–Trinajstić information content (AvgIpc) is 4.29. The number of nitrogens with one attached hydrogen (secondary N) is 1. The van der Waals surface area contributed by atoms with Crippen molar-refractivity contribution in [3.8, 4) is 17.6 Å². The van der Waals surface area contributed by atoms with E-state index in [0.29, 0.717) is 72.6 Å². The van der Waals surface area contributed by atoms with Gasteiger partial charge in [0, 0.05) is 73.5 Å². The minimum absolute atomic E-state index is 0. The summed E-state index contributed by atoms with van der Waals surface area (Å²) in [4.78, 5) is 86.4. The predicted molar refractivity (Wildman–Crippen MR) is 315 cm³/mol. The van der Waals surface area contributed by atoms with Crippen molar-refractivity contribution >= 4 is 138 Å². The number of oxime groups is 2. The average molecular weight is 1460 g/mol. The smallest absolute Gasteiger partial charge is 0.550 e. The zero-order valence-electron chi connectivity index (χ0n) is 46.3.